The van der Waals surface area contributed by atoms with Crippen molar-refractivity contribution in [2.24, 2.45) is 17.8 Å². The molecule has 0 radical (unpaired) electrons. The zero-order chi connectivity index (χ0) is 21.4. The number of hydrogen-bond acceptors (Lipinski definition) is 5. The molecule has 2 fully saturated rings. The van der Waals surface area contributed by atoms with Gasteiger partial charge in [-0.3, -0.25) is 14.5 Å². The maximum atomic E-state index is 12.7. The summed E-state index contributed by atoms with van der Waals surface area (Å²) in [6, 6.07) is 7.27. The van der Waals surface area contributed by atoms with Crippen molar-refractivity contribution in [3.63, 3.8) is 0 Å². The van der Waals surface area contributed by atoms with Gasteiger partial charge in [0.1, 0.15) is 5.75 Å². The second-order valence-corrected chi connectivity index (χ2v) is 8.47. The van der Waals surface area contributed by atoms with E-state index in [0.717, 1.165) is 36.0 Å². The van der Waals surface area contributed by atoms with Crippen molar-refractivity contribution in [3.05, 3.63) is 46.5 Å². The van der Waals surface area contributed by atoms with E-state index in [1.54, 1.807) is 19.2 Å². The first-order valence-corrected chi connectivity index (χ1v) is 10.7. The van der Waals surface area contributed by atoms with Crippen LogP contribution in [-0.4, -0.2) is 53.3 Å². The number of para-hydroxylation sites is 1. The van der Waals surface area contributed by atoms with Gasteiger partial charge in [0.05, 0.1) is 31.2 Å². The molecule has 1 aromatic rings. The van der Waals surface area contributed by atoms with Gasteiger partial charge in [0.2, 0.25) is 11.8 Å². The largest absolute Gasteiger partial charge is 0.507 e. The van der Waals surface area contributed by atoms with Crippen molar-refractivity contribution in [2.45, 2.75) is 38.7 Å². The third-order valence-corrected chi connectivity index (χ3v) is 6.90. The average molecular weight is 411 g/mol. The molecule has 2 N–H and O–H groups in total. The predicted octanol–water partition coefficient (Wildman–Crippen LogP) is 2.90. The van der Waals surface area contributed by atoms with Gasteiger partial charge in [-0.1, -0.05) is 36.8 Å². The molecule has 3 aliphatic rings. The molecule has 6 heteroatoms. The lowest BCUT2D eigenvalue weighted by molar-refractivity contribution is -0.138. The van der Waals surface area contributed by atoms with E-state index in [-0.39, 0.29) is 48.0 Å². The highest BCUT2D eigenvalue weighted by Gasteiger charge is 2.55. The Bertz CT molecular complexity index is 918. The highest BCUT2D eigenvalue weighted by molar-refractivity contribution is 6.05. The van der Waals surface area contributed by atoms with E-state index < -0.39 is 0 Å². The number of carbonyl (C=O) groups excluding carboxylic acids is 2. The highest BCUT2D eigenvalue weighted by atomic mass is 16.5. The maximum Gasteiger partial charge on any atom is 0.233 e. The number of amides is 2. The zero-order valence-electron chi connectivity index (χ0n) is 17.5. The molecule has 160 valence electrons. The van der Waals surface area contributed by atoms with E-state index in [1.165, 1.54) is 10.5 Å². The minimum atomic E-state index is -0.368. The van der Waals surface area contributed by atoms with E-state index in [4.69, 9.17) is 4.74 Å². The van der Waals surface area contributed by atoms with Gasteiger partial charge < -0.3 is 14.9 Å². The number of phenolic OH excluding ortho intramolecular Hbond substituents is 1. The van der Waals surface area contributed by atoms with Gasteiger partial charge in [-0.15, -0.1) is 0 Å². The number of nitrogens with zero attached hydrogens (tertiary/aromatic N) is 1. The van der Waals surface area contributed by atoms with Crippen LogP contribution in [0.5, 0.6) is 5.75 Å². The number of benzene rings is 1. The smallest absolute Gasteiger partial charge is 0.233 e. The summed E-state index contributed by atoms with van der Waals surface area (Å²) in [6.07, 6.45) is 4.72. The molecule has 2 heterocycles. The molecule has 1 aromatic carbocycles. The number of carbonyl (C=O) groups is 2. The Kier molecular flexibility index (Phi) is 5.80. The molecular formula is C24H29NO5. The summed E-state index contributed by atoms with van der Waals surface area (Å²) in [7, 11) is 1.55. The molecule has 0 bridgehead atoms. The van der Waals surface area contributed by atoms with E-state index >= 15 is 0 Å². The number of hydrogen-bond donors (Lipinski definition) is 2. The van der Waals surface area contributed by atoms with Gasteiger partial charge in [0, 0.05) is 18.5 Å². The molecule has 2 saturated heterocycles. The Balaban J connectivity index is 1.54. The first kappa shape index (κ1) is 20.8. The fourth-order valence-electron chi connectivity index (χ4n) is 5.27. The SMILES string of the molecule is CC/C(=C\c1ccccc1O)CC[C@H]1OC[C@H]2C1=C(CO)C[C@H]1C(=O)N(C)C(=O)[C@H]12. The summed E-state index contributed by atoms with van der Waals surface area (Å²) in [5.41, 5.74) is 3.90. The van der Waals surface area contributed by atoms with Gasteiger partial charge in [0.25, 0.3) is 0 Å². The molecule has 0 aromatic heterocycles. The standard InChI is InChI=1S/C24H29NO5/c1-3-14(10-15-6-4-5-7-19(15)27)8-9-20-21-16(12-26)11-17-22(18(21)13-30-20)24(29)25(2)23(17)28/h4-7,10,17-18,20,22,26-27H,3,8-9,11-13H2,1-2H3/b14-10+/t17-,18+,20-,22-/m1/s1. The summed E-state index contributed by atoms with van der Waals surface area (Å²) in [5.74, 6) is -0.852. The lowest BCUT2D eigenvalue weighted by Crippen LogP contribution is -2.34. The monoisotopic (exact) mass is 411 g/mol. The minimum absolute atomic E-state index is 0.103. The number of aromatic hydroxyl groups is 1. The molecule has 2 aliphatic heterocycles. The van der Waals surface area contributed by atoms with Crippen LogP contribution < -0.4 is 0 Å². The first-order chi connectivity index (χ1) is 14.5. The molecular weight excluding hydrogens is 382 g/mol. The normalized spacial score (nSPS) is 28.9. The van der Waals surface area contributed by atoms with Crippen molar-refractivity contribution in [3.8, 4) is 5.75 Å². The van der Waals surface area contributed by atoms with Crippen LogP contribution in [0.25, 0.3) is 6.08 Å². The summed E-state index contributed by atoms with van der Waals surface area (Å²) >= 11 is 0. The zero-order valence-corrected chi connectivity index (χ0v) is 17.5. The van der Waals surface area contributed by atoms with Crippen molar-refractivity contribution in [1.82, 2.24) is 4.90 Å². The van der Waals surface area contributed by atoms with Crippen LogP contribution in [0.2, 0.25) is 0 Å². The van der Waals surface area contributed by atoms with Gasteiger partial charge in [0.15, 0.2) is 0 Å². The topological polar surface area (TPSA) is 87.1 Å². The Hall–Kier alpha value is -2.44. The number of aliphatic hydroxyl groups excluding tert-OH is 1. The molecule has 30 heavy (non-hydrogen) atoms. The van der Waals surface area contributed by atoms with Gasteiger partial charge in [-0.2, -0.15) is 0 Å². The summed E-state index contributed by atoms with van der Waals surface area (Å²) in [4.78, 5) is 26.4. The summed E-state index contributed by atoms with van der Waals surface area (Å²) in [5, 5.41) is 20.0. The van der Waals surface area contributed by atoms with E-state index in [1.807, 2.05) is 18.2 Å². The quantitative estimate of drug-likeness (QED) is 0.555. The Morgan fingerprint density at radius 3 is 2.70 bits per heavy atom. The molecule has 6 nitrogen and oxygen atoms in total. The number of rotatable bonds is 6. The van der Waals surface area contributed by atoms with Crippen LogP contribution >= 0.6 is 0 Å². The Morgan fingerprint density at radius 1 is 1.23 bits per heavy atom. The fourth-order valence-corrected chi connectivity index (χ4v) is 5.27. The van der Waals surface area contributed by atoms with Crippen LogP contribution in [0, 0.1) is 17.8 Å². The number of aliphatic hydroxyl groups is 1. The van der Waals surface area contributed by atoms with Crippen LogP contribution in [0.3, 0.4) is 0 Å². The summed E-state index contributed by atoms with van der Waals surface area (Å²) in [6.45, 7) is 2.41. The van der Waals surface area contributed by atoms with Crippen LogP contribution in [0.15, 0.2) is 41.0 Å². The first-order valence-electron chi connectivity index (χ1n) is 10.7. The van der Waals surface area contributed by atoms with Crippen LogP contribution in [0.4, 0.5) is 0 Å². The van der Waals surface area contributed by atoms with E-state index in [2.05, 4.69) is 6.92 Å². The Morgan fingerprint density at radius 2 is 2.00 bits per heavy atom. The van der Waals surface area contributed by atoms with Crippen LogP contribution in [0.1, 0.15) is 38.2 Å². The summed E-state index contributed by atoms with van der Waals surface area (Å²) < 4.78 is 6.10. The minimum Gasteiger partial charge on any atom is -0.507 e. The number of imide groups is 1. The van der Waals surface area contributed by atoms with Crippen molar-refractivity contribution in [2.75, 3.05) is 20.3 Å². The molecule has 1 aliphatic carbocycles. The van der Waals surface area contributed by atoms with E-state index in [0.29, 0.717) is 13.0 Å². The highest BCUT2D eigenvalue weighted by Crippen LogP contribution is 2.49. The predicted molar refractivity (Wildman–Crippen MR) is 112 cm³/mol. The number of fused-ring (bicyclic) bond motifs is 3. The number of allylic oxidation sites excluding steroid dienone is 1. The van der Waals surface area contributed by atoms with Crippen molar-refractivity contribution >= 4 is 17.9 Å². The second-order valence-electron chi connectivity index (χ2n) is 8.47. The molecule has 0 saturated carbocycles. The molecule has 0 unspecified atom stereocenters. The van der Waals surface area contributed by atoms with Gasteiger partial charge in [-0.25, -0.2) is 0 Å². The van der Waals surface area contributed by atoms with Crippen molar-refractivity contribution in [1.29, 1.82) is 0 Å². The number of likely N-dealkylation sites (tertiary alicyclic amines) is 1. The van der Waals surface area contributed by atoms with Crippen molar-refractivity contribution < 1.29 is 24.5 Å². The maximum absolute atomic E-state index is 12.7. The van der Waals surface area contributed by atoms with E-state index in [9.17, 15) is 19.8 Å². The van der Waals surface area contributed by atoms with Crippen LogP contribution in [-0.2, 0) is 14.3 Å². The third-order valence-electron chi connectivity index (χ3n) is 6.90. The number of ether oxygens (including phenoxy) is 1. The molecule has 4 atom stereocenters. The lowest BCUT2D eigenvalue weighted by Gasteiger charge is -2.31. The Labute approximate surface area is 176 Å². The third kappa shape index (κ3) is 3.48. The second kappa shape index (κ2) is 8.36. The average Bonchev–Trinajstić information content (AvgIpc) is 3.27. The molecule has 4 rings (SSSR count). The fraction of sp³-hybridized carbons (Fsp3) is 0.500. The number of phenols is 1. The molecule has 2 amide bonds. The lowest BCUT2D eigenvalue weighted by atomic mass is 9.69. The van der Waals surface area contributed by atoms with Gasteiger partial charge >= 0.3 is 0 Å². The molecule has 0 spiro atoms. The van der Waals surface area contributed by atoms with Gasteiger partial charge in [-0.05, 0) is 42.9 Å².